The van der Waals surface area contributed by atoms with E-state index in [-0.39, 0.29) is 0 Å². The van der Waals surface area contributed by atoms with Crippen molar-refractivity contribution >= 4 is 5.96 Å². The second kappa shape index (κ2) is 11.7. The quantitative estimate of drug-likeness (QED) is 0.382. The second-order valence-electron chi connectivity index (χ2n) is 5.28. The molecular formula is C17H26F3N3O2. The molecule has 0 saturated heterocycles. The Morgan fingerprint density at radius 1 is 1.08 bits per heavy atom. The van der Waals surface area contributed by atoms with Crippen LogP contribution < -0.4 is 10.6 Å². The average molecular weight is 361 g/mol. The lowest BCUT2D eigenvalue weighted by atomic mass is 10.1. The zero-order valence-corrected chi connectivity index (χ0v) is 14.7. The first-order chi connectivity index (χ1) is 12.0. The Labute approximate surface area is 146 Å². The van der Waals surface area contributed by atoms with Crippen molar-refractivity contribution < 1.29 is 22.6 Å². The molecule has 8 heteroatoms. The molecule has 0 aliphatic rings. The first kappa shape index (κ1) is 21.2. The molecule has 0 heterocycles. The van der Waals surface area contributed by atoms with Crippen LogP contribution in [0.25, 0.3) is 0 Å². The summed E-state index contributed by atoms with van der Waals surface area (Å²) in [6, 6.07) is 5.03. The Balaban J connectivity index is 2.41. The topological polar surface area (TPSA) is 54.9 Å². The molecule has 25 heavy (non-hydrogen) atoms. The molecule has 0 bridgehead atoms. The van der Waals surface area contributed by atoms with Crippen LogP contribution >= 0.6 is 0 Å². The van der Waals surface area contributed by atoms with Gasteiger partial charge in [0.15, 0.2) is 5.96 Å². The molecule has 0 atom stereocenters. The van der Waals surface area contributed by atoms with Gasteiger partial charge in [-0.2, -0.15) is 13.2 Å². The van der Waals surface area contributed by atoms with E-state index in [1.54, 1.807) is 7.11 Å². The Kier molecular flexibility index (Phi) is 9.94. The van der Waals surface area contributed by atoms with Gasteiger partial charge in [0, 0.05) is 26.8 Å². The van der Waals surface area contributed by atoms with Gasteiger partial charge in [-0.25, -0.2) is 4.99 Å². The number of alkyl halides is 3. The van der Waals surface area contributed by atoms with E-state index in [0.717, 1.165) is 18.6 Å². The SMILES string of the molecule is CCNC(=NCc1ccc(C(F)(F)F)cc1)NCCCOCCOC. The first-order valence-electron chi connectivity index (χ1n) is 8.22. The predicted molar refractivity (Wildman–Crippen MR) is 91.6 cm³/mol. The number of rotatable bonds is 10. The number of nitrogens with zero attached hydrogens (tertiary/aromatic N) is 1. The van der Waals surface area contributed by atoms with Gasteiger partial charge in [0.2, 0.25) is 0 Å². The van der Waals surface area contributed by atoms with Crippen molar-refractivity contribution in [2.75, 3.05) is 40.0 Å². The number of guanidine groups is 1. The lowest BCUT2D eigenvalue weighted by Crippen LogP contribution is -2.38. The highest BCUT2D eigenvalue weighted by atomic mass is 19.4. The maximum Gasteiger partial charge on any atom is 0.416 e. The van der Waals surface area contributed by atoms with E-state index in [0.29, 0.717) is 51.0 Å². The molecule has 0 aliphatic carbocycles. The summed E-state index contributed by atoms with van der Waals surface area (Å²) in [7, 11) is 1.63. The third kappa shape index (κ3) is 9.31. The predicted octanol–water partition coefficient (Wildman–Crippen LogP) is 2.81. The van der Waals surface area contributed by atoms with Gasteiger partial charge in [-0.05, 0) is 31.0 Å². The molecule has 1 rings (SSSR count). The van der Waals surface area contributed by atoms with E-state index in [2.05, 4.69) is 15.6 Å². The molecule has 2 N–H and O–H groups in total. The first-order valence-corrected chi connectivity index (χ1v) is 8.22. The number of ether oxygens (including phenoxy) is 2. The molecule has 1 aromatic rings. The molecule has 0 radical (unpaired) electrons. The van der Waals surface area contributed by atoms with E-state index in [4.69, 9.17) is 9.47 Å². The highest BCUT2D eigenvalue weighted by Gasteiger charge is 2.29. The molecule has 0 fully saturated rings. The Bertz CT molecular complexity index is 505. The summed E-state index contributed by atoms with van der Waals surface area (Å²) in [5, 5.41) is 6.26. The summed E-state index contributed by atoms with van der Waals surface area (Å²) in [5.41, 5.74) is 0.0619. The standard InChI is InChI=1S/C17H26F3N3O2/c1-3-21-16(22-9-4-10-25-12-11-24-2)23-13-14-5-7-15(8-6-14)17(18,19)20/h5-8H,3-4,9-13H2,1-2H3,(H2,21,22,23). The number of benzene rings is 1. The summed E-state index contributed by atoms with van der Waals surface area (Å²) in [4.78, 5) is 4.38. The Morgan fingerprint density at radius 2 is 1.80 bits per heavy atom. The van der Waals surface area contributed by atoms with Gasteiger partial charge in [-0.3, -0.25) is 0 Å². The van der Waals surface area contributed by atoms with Crippen LogP contribution in [0.1, 0.15) is 24.5 Å². The molecule has 142 valence electrons. The largest absolute Gasteiger partial charge is 0.416 e. The maximum absolute atomic E-state index is 12.5. The minimum Gasteiger partial charge on any atom is -0.382 e. The van der Waals surface area contributed by atoms with Crippen molar-refractivity contribution in [2.45, 2.75) is 26.1 Å². The number of hydrogen-bond acceptors (Lipinski definition) is 3. The normalized spacial score (nSPS) is 12.3. The molecule has 1 aromatic carbocycles. The number of aliphatic imine (C=N–C) groups is 1. The van der Waals surface area contributed by atoms with E-state index >= 15 is 0 Å². The fourth-order valence-electron chi connectivity index (χ4n) is 1.94. The minimum absolute atomic E-state index is 0.303. The van der Waals surface area contributed by atoms with Crippen molar-refractivity contribution in [3.8, 4) is 0 Å². The molecule has 0 amide bonds. The summed E-state index contributed by atoms with van der Waals surface area (Å²) >= 11 is 0. The van der Waals surface area contributed by atoms with Gasteiger partial charge in [0.05, 0.1) is 25.3 Å². The lowest BCUT2D eigenvalue weighted by molar-refractivity contribution is -0.137. The van der Waals surface area contributed by atoms with Crippen LogP contribution in [0.15, 0.2) is 29.3 Å². The average Bonchev–Trinajstić information content (AvgIpc) is 2.58. The van der Waals surface area contributed by atoms with Crippen molar-refractivity contribution in [1.29, 1.82) is 0 Å². The van der Waals surface area contributed by atoms with Gasteiger partial charge < -0.3 is 20.1 Å². The fourth-order valence-corrected chi connectivity index (χ4v) is 1.94. The van der Waals surface area contributed by atoms with Gasteiger partial charge in [-0.1, -0.05) is 12.1 Å². The van der Waals surface area contributed by atoms with Crippen LogP contribution in [0.5, 0.6) is 0 Å². The Hall–Kier alpha value is -1.80. The number of nitrogens with one attached hydrogen (secondary N) is 2. The number of hydrogen-bond donors (Lipinski definition) is 2. The van der Waals surface area contributed by atoms with E-state index in [1.165, 1.54) is 12.1 Å². The third-order valence-corrected chi connectivity index (χ3v) is 3.23. The highest BCUT2D eigenvalue weighted by molar-refractivity contribution is 5.79. The summed E-state index contributed by atoms with van der Waals surface area (Å²) in [6.45, 7) is 5.40. The third-order valence-electron chi connectivity index (χ3n) is 3.23. The maximum atomic E-state index is 12.5. The zero-order chi connectivity index (χ0) is 18.5. The van der Waals surface area contributed by atoms with E-state index < -0.39 is 11.7 Å². The zero-order valence-electron chi connectivity index (χ0n) is 14.7. The van der Waals surface area contributed by atoms with Crippen molar-refractivity contribution in [3.63, 3.8) is 0 Å². The molecular weight excluding hydrogens is 335 g/mol. The van der Waals surface area contributed by atoms with Crippen LogP contribution in [0.2, 0.25) is 0 Å². The summed E-state index contributed by atoms with van der Waals surface area (Å²) in [5.74, 6) is 0.624. The van der Waals surface area contributed by atoms with Crippen molar-refractivity contribution in [2.24, 2.45) is 4.99 Å². The monoisotopic (exact) mass is 361 g/mol. The van der Waals surface area contributed by atoms with Gasteiger partial charge >= 0.3 is 6.18 Å². The van der Waals surface area contributed by atoms with Crippen LogP contribution in [-0.4, -0.2) is 46.0 Å². The summed E-state index contributed by atoms with van der Waals surface area (Å²) < 4.78 is 47.9. The lowest BCUT2D eigenvalue weighted by Gasteiger charge is -2.12. The molecule has 0 aromatic heterocycles. The second-order valence-corrected chi connectivity index (χ2v) is 5.28. The Morgan fingerprint density at radius 3 is 2.40 bits per heavy atom. The molecule has 0 aliphatic heterocycles. The van der Waals surface area contributed by atoms with E-state index in [9.17, 15) is 13.2 Å². The number of halogens is 3. The number of methoxy groups -OCH3 is 1. The smallest absolute Gasteiger partial charge is 0.382 e. The highest BCUT2D eigenvalue weighted by Crippen LogP contribution is 2.29. The van der Waals surface area contributed by atoms with Crippen LogP contribution in [0.4, 0.5) is 13.2 Å². The summed E-state index contributed by atoms with van der Waals surface area (Å²) in [6.07, 6.45) is -3.50. The molecule has 0 spiro atoms. The van der Waals surface area contributed by atoms with Gasteiger partial charge in [-0.15, -0.1) is 0 Å². The van der Waals surface area contributed by atoms with Crippen LogP contribution in [0.3, 0.4) is 0 Å². The van der Waals surface area contributed by atoms with Gasteiger partial charge in [0.25, 0.3) is 0 Å². The van der Waals surface area contributed by atoms with Crippen LogP contribution in [0, 0.1) is 0 Å². The van der Waals surface area contributed by atoms with E-state index in [1.807, 2.05) is 6.92 Å². The molecule has 0 saturated carbocycles. The fraction of sp³-hybridized carbons (Fsp3) is 0.588. The van der Waals surface area contributed by atoms with Crippen LogP contribution in [-0.2, 0) is 22.2 Å². The molecule has 0 unspecified atom stereocenters. The van der Waals surface area contributed by atoms with Crippen molar-refractivity contribution in [1.82, 2.24) is 10.6 Å². The molecule has 5 nitrogen and oxygen atoms in total. The van der Waals surface area contributed by atoms with Crippen molar-refractivity contribution in [3.05, 3.63) is 35.4 Å². The van der Waals surface area contributed by atoms with Gasteiger partial charge in [0.1, 0.15) is 0 Å². The minimum atomic E-state index is -4.32.